The molecule has 3 heteroatoms. The van der Waals surface area contributed by atoms with E-state index in [2.05, 4.69) is 194 Å². The van der Waals surface area contributed by atoms with E-state index in [-0.39, 0.29) is 0 Å². The van der Waals surface area contributed by atoms with Gasteiger partial charge < -0.3 is 13.7 Å². The maximum atomic E-state index is 6.41. The molecule has 0 saturated heterocycles. The molecule has 0 spiro atoms. The van der Waals surface area contributed by atoms with Crippen LogP contribution in [-0.4, -0.2) is 0 Å². The number of rotatable bonds is 7. The number of hydrogen-bond acceptors (Lipinski definition) is 3. The highest BCUT2D eigenvalue weighted by Gasteiger charge is 2.17. The molecule has 0 amide bonds. The lowest BCUT2D eigenvalue weighted by atomic mass is 9.99. The monoisotopic (exact) mass is 743 g/mol. The van der Waals surface area contributed by atoms with Gasteiger partial charge in [0.25, 0.3) is 0 Å². The molecule has 0 unspecified atom stereocenters. The molecule has 0 aliphatic carbocycles. The van der Waals surface area contributed by atoms with Crippen molar-refractivity contribution in [3.63, 3.8) is 0 Å². The van der Waals surface area contributed by atoms with Crippen LogP contribution in [0.1, 0.15) is 5.56 Å². The third-order valence-electron chi connectivity index (χ3n) is 11.4. The van der Waals surface area contributed by atoms with Crippen LogP contribution in [-0.2, 0) is 0 Å². The SMILES string of the molecule is Cc1ccc(-c2ccc(-c3ccc(N(c4ccc(-c5cccc6c5oc5ccccc56)cc4)c4ccc(-c5cccc6c5oc5ccccc56)cc4)cc3)cc2)cc1. The molecule has 2 aromatic heterocycles. The van der Waals surface area contributed by atoms with Crippen molar-refractivity contribution >= 4 is 60.9 Å². The first-order valence-electron chi connectivity index (χ1n) is 19.7. The zero-order valence-corrected chi connectivity index (χ0v) is 31.9. The van der Waals surface area contributed by atoms with E-state index in [9.17, 15) is 0 Å². The molecule has 0 radical (unpaired) electrons. The number of hydrogen-bond donors (Lipinski definition) is 0. The average Bonchev–Trinajstić information content (AvgIpc) is 3.87. The highest BCUT2D eigenvalue weighted by atomic mass is 16.3. The first-order chi connectivity index (χ1) is 28.6. The second-order valence-electron chi connectivity index (χ2n) is 15.0. The lowest BCUT2D eigenvalue weighted by Gasteiger charge is -2.26. The van der Waals surface area contributed by atoms with Gasteiger partial charge in [-0.3, -0.25) is 0 Å². The normalized spacial score (nSPS) is 11.5. The Hall–Kier alpha value is -7.62. The minimum absolute atomic E-state index is 0.901. The van der Waals surface area contributed by atoms with Crippen LogP contribution < -0.4 is 4.90 Å². The van der Waals surface area contributed by atoms with E-state index < -0.39 is 0 Å². The van der Waals surface area contributed by atoms with Crippen molar-refractivity contribution < 1.29 is 8.83 Å². The molecular weight excluding hydrogens is 707 g/mol. The van der Waals surface area contributed by atoms with Gasteiger partial charge in [0, 0.05) is 49.7 Å². The summed E-state index contributed by atoms with van der Waals surface area (Å²) < 4.78 is 12.8. The second-order valence-corrected chi connectivity index (χ2v) is 15.0. The fourth-order valence-corrected chi connectivity index (χ4v) is 8.38. The van der Waals surface area contributed by atoms with Crippen molar-refractivity contribution in [2.45, 2.75) is 6.92 Å². The smallest absolute Gasteiger partial charge is 0.143 e. The molecule has 9 aromatic carbocycles. The summed E-state index contributed by atoms with van der Waals surface area (Å²) in [5, 5.41) is 4.52. The molecular formula is C55H37NO2. The van der Waals surface area contributed by atoms with Gasteiger partial charge in [-0.25, -0.2) is 0 Å². The maximum Gasteiger partial charge on any atom is 0.143 e. The summed E-state index contributed by atoms with van der Waals surface area (Å²) >= 11 is 0. The molecule has 0 atom stereocenters. The molecule has 0 fully saturated rings. The Morgan fingerprint density at radius 1 is 0.293 bits per heavy atom. The summed E-state index contributed by atoms with van der Waals surface area (Å²) in [5.41, 5.74) is 17.2. The van der Waals surface area contributed by atoms with Crippen LogP contribution in [0.3, 0.4) is 0 Å². The van der Waals surface area contributed by atoms with E-state index in [0.717, 1.165) is 83.2 Å². The van der Waals surface area contributed by atoms with E-state index in [1.54, 1.807) is 0 Å². The number of nitrogens with zero attached hydrogens (tertiary/aromatic N) is 1. The van der Waals surface area contributed by atoms with Gasteiger partial charge in [0.1, 0.15) is 22.3 Å². The van der Waals surface area contributed by atoms with E-state index in [1.165, 1.54) is 27.8 Å². The Labute approximate surface area is 336 Å². The predicted molar refractivity (Wildman–Crippen MR) is 242 cm³/mol. The molecule has 3 nitrogen and oxygen atoms in total. The van der Waals surface area contributed by atoms with Crippen LogP contribution in [0.5, 0.6) is 0 Å². The Morgan fingerprint density at radius 2 is 0.621 bits per heavy atom. The lowest BCUT2D eigenvalue weighted by molar-refractivity contribution is 0.669. The Bertz CT molecular complexity index is 3090. The van der Waals surface area contributed by atoms with Gasteiger partial charge in [-0.15, -0.1) is 0 Å². The van der Waals surface area contributed by atoms with Crippen LogP contribution in [0.4, 0.5) is 17.1 Å². The van der Waals surface area contributed by atoms with Crippen LogP contribution in [0, 0.1) is 6.92 Å². The highest BCUT2D eigenvalue weighted by Crippen LogP contribution is 2.41. The van der Waals surface area contributed by atoms with Crippen LogP contribution in [0.25, 0.3) is 88.4 Å². The summed E-state index contributed by atoms with van der Waals surface area (Å²) in [4.78, 5) is 2.32. The van der Waals surface area contributed by atoms with Crippen molar-refractivity contribution in [1.82, 2.24) is 0 Å². The van der Waals surface area contributed by atoms with Crippen molar-refractivity contribution in [2.75, 3.05) is 4.90 Å². The van der Waals surface area contributed by atoms with Crippen molar-refractivity contribution in [3.8, 4) is 44.5 Å². The van der Waals surface area contributed by atoms with E-state index in [0.29, 0.717) is 0 Å². The molecule has 0 saturated carbocycles. The Balaban J connectivity index is 0.966. The topological polar surface area (TPSA) is 29.5 Å². The van der Waals surface area contributed by atoms with Crippen molar-refractivity contribution in [3.05, 3.63) is 212 Å². The molecule has 0 aliphatic heterocycles. The lowest BCUT2D eigenvalue weighted by Crippen LogP contribution is -2.09. The molecule has 274 valence electrons. The fourth-order valence-electron chi connectivity index (χ4n) is 8.38. The van der Waals surface area contributed by atoms with Gasteiger partial charge in [-0.1, -0.05) is 163 Å². The van der Waals surface area contributed by atoms with Crippen LogP contribution in [0.2, 0.25) is 0 Å². The zero-order valence-electron chi connectivity index (χ0n) is 31.9. The van der Waals surface area contributed by atoms with Crippen LogP contribution >= 0.6 is 0 Å². The predicted octanol–water partition coefficient (Wildman–Crippen LogP) is 15.9. The molecule has 58 heavy (non-hydrogen) atoms. The van der Waals surface area contributed by atoms with Gasteiger partial charge in [-0.2, -0.15) is 0 Å². The van der Waals surface area contributed by atoms with E-state index >= 15 is 0 Å². The third kappa shape index (κ3) is 5.84. The molecule has 0 N–H and O–H groups in total. The van der Waals surface area contributed by atoms with Crippen LogP contribution in [0.15, 0.2) is 215 Å². The molecule has 11 rings (SSSR count). The zero-order chi connectivity index (χ0) is 38.6. The number of furan rings is 2. The fraction of sp³-hybridized carbons (Fsp3) is 0.0182. The molecule has 0 bridgehead atoms. The van der Waals surface area contributed by atoms with Gasteiger partial charge in [-0.05, 0) is 88.8 Å². The van der Waals surface area contributed by atoms with E-state index in [4.69, 9.17) is 8.83 Å². The summed E-state index contributed by atoms with van der Waals surface area (Å²) in [6, 6.07) is 73.3. The number of anilines is 3. The average molecular weight is 744 g/mol. The third-order valence-corrected chi connectivity index (χ3v) is 11.4. The van der Waals surface area contributed by atoms with Gasteiger partial charge in [0.05, 0.1) is 0 Å². The van der Waals surface area contributed by atoms with E-state index in [1.807, 2.05) is 24.3 Å². The molecule has 11 aromatic rings. The van der Waals surface area contributed by atoms with Crippen molar-refractivity contribution in [1.29, 1.82) is 0 Å². The number of para-hydroxylation sites is 4. The first-order valence-corrected chi connectivity index (χ1v) is 19.7. The minimum Gasteiger partial charge on any atom is -0.455 e. The second kappa shape index (κ2) is 13.8. The van der Waals surface area contributed by atoms with Crippen molar-refractivity contribution in [2.24, 2.45) is 0 Å². The number of benzene rings is 9. The Morgan fingerprint density at radius 3 is 1.03 bits per heavy atom. The summed E-state index contributed by atoms with van der Waals surface area (Å²) in [6.07, 6.45) is 0. The molecule has 0 aliphatic rings. The molecule has 2 heterocycles. The highest BCUT2D eigenvalue weighted by molar-refractivity contribution is 6.10. The van der Waals surface area contributed by atoms with Gasteiger partial charge in [0.15, 0.2) is 0 Å². The van der Waals surface area contributed by atoms with Gasteiger partial charge in [0.2, 0.25) is 0 Å². The largest absolute Gasteiger partial charge is 0.455 e. The number of aryl methyl sites for hydroxylation is 1. The Kier molecular flexibility index (Phi) is 8.04. The summed E-state index contributed by atoms with van der Waals surface area (Å²) in [6.45, 7) is 2.12. The first kappa shape index (κ1) is 33.7. The number of fused-ring (bicyclic) bond motifs is 6. The minimum atomic E-state index is 0.901. The van der Waals surface area contributed by atoms with Gasteiger partial charge >= 0.3 is 0 Å². The quantitative estimate of drug-likeness (QED) is 0.163. The standard InChI is InChI=1S/C55H37NO2/c1-36-16-18-37(19-17-36)38-20-22-39(23-21-38)40-24-30-43(31-25-40)56(44-32-26-41(27-33-44)46-10-6-12-50-48-8-2-4-14-52(48)57-54(46)50)45-34-28-42(29-35-45)47-11-7-13-51-49-9-3-5-15-53(49)58-55(47)51/h2-35H,1H3. The summed E-state index contributed by atoms with van der Waals surface area (Å²) in [7, 11) is 0. The summed E-state index contributed by atoms with van der Waals surface area (Å²) in [5.74, 6) is 0. The maximum absolute atomic E-state index is 6.41.